The van der Waals surface area contributed by atoms with Crippen LogP contribution in [0.4, 0.5) is 17.1 Å². The van der Waals surface area contributed by atoms with Crippen molar-refractivity contribution < 1.29 is 0 Å². The molecule has 0 amide bonds. The molecule has 10 aromatic rings. The molecule has 0 bridgehead atoms. The number of fused-ring (bicyclic) bond motifs is 8. The van der Waals surface area contributed by atoms with E-state index in [9.17, 15) is 0 Å². The van der Waals surface area contributed by atoms with Crippen LogP contribution in [-0.2, 0) is 0 Å². The number of thiophene rings is 1. The van der Waals surface area contributed by atoms with E-state index in [4.69, 9.17) is 0 Å². The first-order valence-corrected chi connectivity index (χ1v) is 17.9. The summed E-state index contributed by atoms with van der Waals surface area (Å²) in [5.41, 5.74) is 8.27. The van der Waals surface area contributed by atoms with E-state index in [0.29, 0.717) is 0 Å². The lowest BCUT2D eigenvalue weighted by atomic mass is 9.96. The van der Waals surface area contributed by atoms with Gasteiger partial charge in [-0.05, 0) is 97.0 Å². The molecule has 0 aliphatic rings. The van der Waals surface area contributed by atoms with E-state index in [2.05, 4.69) is 193 Å². The van der Waals surface area contributed by atoms with Gasteiger partial charge in [0.05, 0.1) is 0 Å². The highest BCUT2D eigenvalue weighted by molar-refractivity contribution is 7.26. The maximum atomic E-state index is 2.40. The normalized spacial score (nSPS) is 11.6. The van der Waals surface area contributed by atoms with Crippen molar-refractivity contribution in [2.24, 2.45) is 0 Å². The predicted molar refractivity (Wildman–Crippen MR) is 217 cm³/mol. The molecular formula is C48H31NS. The quantitative estimate of drug-likeness (QED) is 0.167. The van der Waals surface area contributed by atoms with E-state index in [1.165, 1.54) is 74.7 Å². The summed E-state index contributed by atoms with van der Waals surface area (Å²) in [4.78, 5) is 2.40. The van der Waals surface area contributed by atoms with Gasteiger partial charge in [0, 0.05) is 37.2 Å². The van der Waals surface area contributed by atoms with Crippen molar-refractivity contribution in [1.29, 1.82) is 0 Å². The van der Waals surface area contributed by atoms with Crippen LogP contribution in [0.5, 0.6) is 0 Å². The zero-order valence-electron chi connectivity index (χ0n) is 27.3. The summed E-state index contributed by atoms with van der Waals surface area (Å²) in [6.07, 6.45) is 0. The fraction of sp³-hybridized carbons (Fsp3) is 0. The number of rotatable bonds is 5. The van der Waals surface area contributed by atoms with Gasteiger partial charge in [-0.2, -0.15) is 0 Å². The molecule has 50 heavy (non-hydrogen) atoms. The third kappa shape index (κ3) is 4.76. The predicted octanol–water partition coefficient (Wildman–Crippen LogP) is 14.3. The molecule has 0 N–H and O–H groups in total. The fourth-order valence-corrected chi connectivity index (χ4v) is 8.87. The van der Waals surface area contributed by atoms with Crippen LogP contribution in [-0.4, -0.2) is 0 Å². The van der Waals surface area contributed by atoms with Gasteiger partial charge in [-0.3, -0.25) is 0 Å². The van der Waals surface area contributed by atoms with Crippen LogP contribution in [0, 0.1) is 0 Å². The number of nitrogens with zero attached hydrogens (tertiary/aromatic N) is 1. The highest BCUT2D eigenvalue weighted by atomic mass is 32.1. The topological polar surface area (TPSA) is 3.24 Å². The standard InChI is InChI=1S/C48H31NS/c1-2-10-32(11-3-1)33-24-26-38(27-25-33)49(40-28-29-42-37(31-40)23-22-35-21-20-34-12-4-5-15-41(34)47(35)42)39-14-8-13-36(30-39)43-17-9-18-45-44-16-6-7-19-46(44)50-48(43)45/h1-31H. The van der Waals surface area contributed by atoms with Gasteiger partial charge in [-0.1, -0.05) is 146 Å². The molecule has 1 aromatic heterocycles. The second-order valence-electron chi connectivity index (χ2n) is 12.9. The Morgan fingerprint density at radius 2 is 0.960 bits per heavy atom. The molecule has 0 aliphatic heterocycles. The van der Waals surface area contributed by atoms with Gasteiger partial charge in [-0.15, -0.1) is 11.3 Å². The van der Waals surface area contributed by atoms with Crippen molar-refractivity contribution >= 4 is 80.9 Å². The van der Waals surface area contributed by atoms with Crippen molar-refractivity contribution in [3.8, 4) is 22.3 Å². The van der Waals surface area contributed by atoms with Crippen molar-refractivity contribution in [2.45, 2.75) is 0 Å². The van der Waals surface area contributed by atoms with Crippen molar-refractivity contribution in [3.63, 3.8) is 0 Å². The second-order valence-corrected chi connectivity index (χ2v) is 14.0. The molecule has 2 heteroatoms. The molecule has 0 atom stereocenters. The van der Waals surface area contributed by atoms with E-state index in [0.717, 1.165) is 17.1 Å². The van der Waals surface area contributed by atoms with Gasteiger partial charge < -0.3 is 4.90 Å². The van der Waals surface area contributed by atoms with Gasteiger partial charge in [-0.25, -0.2) is 0 Å². The molecule has 10 rings (SSSR count). The summed E-state index contributed by atoms with van der Waals surface area (Å²) in [5, 5.41) is 10.3. The Hall–Kier alpha value is -6.22. The van der Waals surface area contributed by atoms with Crippen LogP contribution in [0.2, 0.25) is 0 Å². The molecule has 9 aromatic carbocycles. The Morgan fingerprint density at radius 3 is 1.84 bits per heavy atom. The molecule has 0 radical (unpaired) electrons. The first kappa shape index (κ1) is 28.8. The Morgan fingerprint density at radius 1 is 0.340 bits per heavy atom. The minimum absolute atomic E-state index is 1.12. The van der Waals surface area contributed by atoms with Crippen LogP contribution in [0.25, 0.3) is 74.7 Å². The summed E-state index contributed by atoms with van der Waals surface area (Å²) in [6.45, 7) is 0. The molecule has 0 fully saturated rings. The lowest BCUT2D eigenvalue weighted by Gasteiger charge is -2.27. The van der Waals surface area contributed by atoms with Crippen molar-refractivity contribution in [3.05, 3.63) is 188 Å². The third-order valence-electron chi connectivity index (χ3n) is 10.0. The average Bonchev–Trinajstić information content (AvgIpc) is 3.57. The third-order valence-corrected chi connectivity index (χ3v) is 11.2. The maximum absolute atomic E-state index is 2.40. The van der Waals surface area contributed by atoms with E-state index in [-0.39, 0.29) is 0 Å². The first-order valence-electron chi connectivity index (χ1n) is 17.1. The largest absolute Gasteiger partial charge is 0.310 e. The highest BCUT2D eigenvalue weighted by Crippen LogP contribution is 2.43. The number of hydrogen-bond acceptors (Lipinski definition) is 2. The van der Waals surface area contributed by atoms with Gasteiger partial charge in [0.25, 0.3) is 0 Å². The van der Waals surface area contributed by atoms with E-state index >= 15 is 0 Å². The van der Waals surface area contributed by atoms with Crippen LogP contribution in [0.3, 0.4) is 0 Å². The Balaban J connectivity index is 1.15. The molecule has 0 saturated carbocycles. The minimum Gasteiger partial charge on any atom is -0.310 e. The maximum Gasteiger partial charge on any atom is 0.0468 e. The molecule has 1 nitrogen and oxygen atoms in total. The van der Waals surface area contributed by atoms with Crippen LogP contribution in [0.1, 0.15) is 0 Å². The lowest BCUT2D eigenvalue weighted by molar-refractivity contribution is 1.29. The Labute approximate surface area is 294 Å². The Kier molecular flexibility index (Phi) is 6.75. The molecule has 0 saturated heterocycles. The SMILES string of the molecule is c1ccc(-c2ccc(N(c3cccc(-c4cccc5c4sc4ccccc45)c3)c3ccc4c(ccc5ccc6ccccc6c54)c3)cc2)cc1. The minimum atomic E-state index is 1.12. The molecule has 0 unspecified atom stereocenters. The van der Waals surface area contributed by atoms with E-state index < -0.39 is 0 Å². The van der Waals surface area contributed by atoms with Gasteiger partial charge in [0.15, 0.2) is 0 Å². The summed E-state index contributed by atoms with van der Waals surface area (Å²) >= 11 is 1.88. The molecule has 234 valence electrons. The monoisotopic (exact) mass is 653 g/mol. The average molecular weight is 654 g/mol. The second kappa shape index (κ2) is 11.7. The zero-order valence-corrected chi connectivity index (χ0v) is 28.1. The van der Waals surface area contributed by atoms with Crippen molar-refractivity contribution in [2.75, 3.05) is 4.90 Å². The summed E-state index contributed by atoms with van der Waals surface area (Å²) in [5.74, 6) is 0. The van der Waals surface area contributed by atoms with E-state index in [1.54, 1.807) is 0 Å². The molecular weight excluding hydrogens is 623 g/mol. The van der Waals surface area contributed by atoms with Crippen LogP contribution >= 0.6 is 11.3 Å². The van der Waals surface area contributed by atoms with Crippen LogP contribution < -0.4 is 4.90 Å². The first-order chi connectivity index (χ1) is 24.8. The van der Waals surface area contributed by atoms with Gasteiger partial charge >= 0.3 is 0 Å². The van der Waals surface area contributed by atoms with Crippen LogP contribution in [0.15, 0.2) is 188 Å². The molecule has 1 heterocycles. The fourth-order valence-electron chi connectivity index (χ4n) is 7.63. The number of anilines is 3. The van der Waals surface area contributed by atoms with Gasteiger partial charge in [0.2, 0.25) is 0 Å². The summed E-state index contributed by atoms with van der Waals surface area (Å²) in [6, 6.07) is 68.7. The smallest absolute Gasteiger partial charge is 0.0468 e. The van der Waals surface area contributed by atoms with E-state index in [1.807, 2.05) is 11.3 Å². The zero-order chi connectivity index (χ0) is 33.0. The lowest BCUT2D eigenvalue weighted by Crippen LogP contribution is -2.10. The molecule has 0 aliphatic carbocycles. The molecule has 0 spiro atoms. The van der Waals surface area contributed by atoms with Gasteiger partial charge in [0.1, 0.15) is 0 Å². The van der Waals surface area contributed by atoms with Crippen molar-refractivity contribution in [1.82, 2.24) is 0 Å². The summed E-state index contributed by atoms with van der Waals surface area (Å²) < 4.78 is 2.65. The summed E-state index contributed by atoms with van der Waals surface area (Å²) in [7, 11) is 0. The highest BCUT2D eigenvalue weighted by Gasteiger charge is 2.17. The number of hydrogen-bond donors (Lipinski definition) is 0. The number of benzene rings is 9. The Bertz CT molecular complexity index is 2870.